The Labute approximate surface area is 134 Å². The van der Waals surface area contributed by atoms with E-state index in [0.717, 1.165) is 18.2 Å². The number of carboxylic acid groups (broad SMARTS) is 1. The molecular formula is C16H10F3N3O2. The van der Waals surface area contributed by atoms with Crippen LogP contribution in [0.2, 0.25) is 0 Å². The number of benzene rings is 1. The number of rotatable bonds is 4. The van der Waals surface area contributed by atoms with Crippen LogP contribution in [0.1, 0.15) is 11.1 Å². The van der Waals surface area contributed by atoms with Crippen LogP contribution < -0.4 is 0 Å². The summed E-state index contributed by atoms with van der Waals surface area (Å²) in [7, 11) is 0. The number of hydrogen-bond acceptors (Lipinski definition) is 4. The molecule has 0 saturated carbocycles. The molecule has 0 saturated heterocycles. The van der Waals surface area contributed by atoms with Gasteiger partial charge >= 0.3 is 12.1 Å². The number of carbonyl (C=O) groups is 1. The predicted molar refractivity (Wildman–Crippen MR) is 81.5 cm³/mol. The SMILES string of the molecule is O=C(O)C=Cc1cnccc1N=C=Nc1cccc(C(F)(F)F)c1. The number of aliphatic carboxylic acids is 1. The average molecular weight is 333 g/mol. The topological polar surface area (TPSA) is 74.9 Å². The molecule has 0 amide bonds. The van der Waals surface area contributed by atoms with E-state index in [9.17, 15) is 18.0 Å². The van der Waals surface area contributed by atoms with Gasteiger partial charge in [-0.05, 0) is 30.3 Å². The van der Waals surface area contributed by atoms with Gasteiger partial charge in [-0.2, -0.15) is 23.2 Å². The van der Waals surface area contributed by atoms with E-state index in [2.05, 4.69) is 21.0 Å². The first-order valence-electron chi connectivity index (χ1n) is 6.55. The minimum atomic E-state index is -4.46. The number of halogens is 3. The van der Waals surface area contributed by atoms with Gasteiger partial charge in [0.2, 0.25) is 0 Å². The molecule has 0 fully saturated rings. The highest BCUT2D eigenvalue weighted by atomic mass is 19.4. The number of alkyl halides is 3. The summed E-state index contributed by atoms with van der Waals surface area (Å²) in [6.07, 6.45) is 0.579. The van der Waals surface area contributed by atoms with Crippen molar-refractivity contribution in [1.29, 1.82) is 0 Å². The highest BCUT2D eigenvalue weighted by Crippen LogP contribution is 2.31. The van der Waals surface area contributed by atoms with Gasteiger partial charge in [0.15, 0.2) is 0 Å². The summed E-state index contributed by atoms with van der Waals surface area (Å²) in [6, 6.07) is 8.23. The van der Waals surface area contributed by atoms with Crippen LogP contribution in [0.5, 0.6) is 0 Å². The van der Waals surface area contributed by atoms with E-state index in [1.54, 1.807) is 0 Å². The second kappa shape index (κ2) is 7.34. The lowest BCUT2D eigenvalue weighted by atomic mass is 10.2. The highest BCUT2D eigenvalue weighted by molar-refractivity contribution is 5.86. The zero-order valence-corrected chi connectivity index (χ0v) is 12.0. The molecule has 1 aromatic heterocycles. The van der Waals surface area contributed by atoms with E-state index in [4.69, 9.17) is 5.11 Å². The quantitative estimate of drug-likeness (QED) is 0.668. The van der Waals surface area contributed by atoms with Crippen LogP contribution in [0.25, 0.3) is 6.08 Å². The average Bonchev–Trinajstić information content (AvgIpc) is 2.53. The minimum Gasteiger partial charge on any atom is -0.478 e. The van der Waals surface area contributed by atoms with Crippen LogP contribution in [-0.2, 0) is 11.0 Å². The smallest absolute Gasteiger partial charge is 0.416 e. The van der Waals surface area contributed by atoms with E-state index < -0.39 is 17.7 Å². The highest BCUT2D eigenvalue weighted by Gasteiger charge is 2.30. The third kappa shape index (κ3) is 4.89. The first-order chi connectivity index (χ1) is 11.4. The van der Waals surface area contributed by atoms with Crippen LogP contribution in [0.4, 0.5) is 24.5 Å². The van der Waals surface area contributed by atoms with Crippen molar-refractivity contribution in [2.45, 2.75) is 6.18 Å². The molecular weight excluding hydrogens is 323 g/mol. The molecule has 0 spiro atoms. The van der Waals surface area contributed by atoms with Gasteiger partial charge in [-0.3, -0.25) is 4.98 Å². The molecule has 0 aliphatic rings. The fraction of sp³-hybridized carbons (Fsp3) is 0.0625. The number of carboxylic acids is 1. The van der Waals surface area contributed by atoms with E-state index in [0.29, 0.717) is 11.3 Å². The van der Waals surface area contributed by atoms with E-state index in [1.165, 1.54) is 36.7 Å². The van der Waals surface area contributed by atoms with Crippen LogP contribution in [0.15, 0.2) is 58.8 Å². The molecule has 2 aromatic rings. The molecule has 5 nitrogen and oxygen atoms in total. The summed E-state index contributed by atoms with van der Waals surface area (Å²) in [5.74, 6) is -1.13. The monoisotopic (exact) mass is 333 g/mol. The second-order valence-electron chi connectivity index (χ2n) is 4.48. The summed E-state index contributed by atoms with van der Waals surface area (Å²) < 4.78 is 37.8. The number of nitrogens with zero attached hydrogens (tertiary/aromatic N) is 3. The summed E-state index contributed by atoms with van der Waals surface area (Å²) in [5.41, 5.74) is -0.0327. The Hall–Kier alpha value is -3.25. The largest absolute Gasteiger partial charge is 0.478 e. The summed E-state index contributed by atoms with van der Waals surface area (Å²) >= 11 is 0. The van der Waals surface area contributed by atoms with E-state index >= 15 is 0 Å². The van der Waals surface area contributed by atoms with Gasteiger partial charge in [0.05, 0.1) is 16.9 Å². The first kappa shape index (κ1) is 17.1. The zero-order chi connectivity index (χ0) is 17.6. The zero-order valence-electron chi connectivity index (χ0n) is 12.0. The molecule has 1 aromatic carbocycles. The third-order valence-electron chi connectivity index (χ3n) is 2.76. The van der Waals surface area contributed by atoms with Crippen molar-refractivity contribution in [3.8, 4) is 0 Å². The number of aromatic nitrogens is 1. The molecule has 8 heteroatoms. The van der Waals surface area contributed by atoms with Crippen molar-refractivity contribution < 1.29 is 23.1 Å². The van der Waals surface area contributed by atoms with Gasteiger partial charge in [-0.1, -0.05) is 6.07 Å². The maximum Gasteiger partial charge on any atom is 0.416 e. The van der Waals surface area contributed by atoms with Crippen molar-refractivity contribution in [3.63, 3.8) is 0 Å². The van der Waals surface area contributed by atoms with Crippen molar-refractivity contribution in [2.24, 2.45) is 9.98 Å². The Bertz CT molecular complexity index is 838. The molecule has 0 unspecified atom stereocenters. The standard InChI is InChI=1S/C16H10F3N3O2/c17-16(18,19)12-2-1-3-13(8-12)21-10-22-14-6-7-20-9-11(14)4-5-15(23)24/h1-9H,(H,23,24). The molecule has 24 heavy (non-hydrogen) atoms. The van der Waals surface area contributed by atoms with Gasteiger partial charge in [0.25, 0.3) is 0 Å². The van der Waals surface area contributed by atoms with Crippen LogP contribution >= 0.6 is 0 Å². The Morgan fingerprint density at radius 1 is 1.25 bits per heavy atom. The Morgan fingerprint density at radius 3 is 2.75 bits per heavy atom. The maximum atomic E-state index is 12.6. The van der Waals surface area contributed by atoms with Crippen LogP contribution in [0, 0.1) is 0 Å². The number of hydrogen-bond donors (Lipinski definition) is 1. The van der Waals surface area contributed by atoms with Gasteiger partial charge in [0, 0.05) is 24.0 Å². The fourth-order valence-electron chi connectivity index (χ4n) is 1.68. The van der Waals surface area contributed by atoms with Crippen LogP contribution in [-0.4, -0.2) is 22.1 Å². The molecule has 2 rings (SSSR count). The van der Waals surface area contributed by atoms with Gasteiger partial charge in [-0.15, -0.1) is 0 Å². The van der Waals surface area contributed by atoms with Crippen molar-refractivity contribution >= 4 is 29.4 Å². The summed E-state index contributed by atoms with van der Waals surface area (Å²) in [4.78, 5) is 22.0. The lowest BCUT2D eigenvalue weighted by Gasteiger charge is -2.05. The number of pyridine rings is 1. The molecule has 0 aliphatic heterocycles. The second-order valence-corrected chi connectivity index (χ2v) is 4.48. The molecule has 1 heterocycles. The van der Waals surface area contributed by atoms with Gasteiger partial charge in [-0.25, -0.2) is 4.79 Å². The summed E-state index contributed by atoms with van der Waals surface area (Å²) in [6.45, 7) is 0. The first-order valence-corrected chi connectivity index (χ1v) is 6.55. The maximum absolute atomic E-state index is 12.6. The third-order valence-corrected chi connectivity index (χ3v) is 2.76. The molecule has 1 N–H and O–H groups in total. The van der Waals surface area contributed by atoms with E-state index in [-0.39, 0.29) is 5.69 Å². The summed E-state index contributed by atoms with van der Waals surface area (Å²) in [5, 5.41) is 8.62. The van der Waals surface area contributed by atoms with E-state index in [1.807, 2.05) is 0 Å². The molecule has 122 valence electrons. The van der Waals surface area contributed by atoms with Gasteiger partial charge < -0.3 is 5.11 Å². The van der Waals surface area contributed by atoms with Crippen molar-refractivity contribution in [2.75, 3.05) is 0 Å². The Kier molecular flexibility index (Phi) is 5.23. The number of aliphatic imine (C=N–C) groups is 2. The molecule has 0 bridgehead atoms. The Morgan fingerprint density at radius 2 is 2.04 bits per heavy atom. The Balaban J connectivity index is 2.28. The molecule has 0 aliphatic carbocycles. The minimum absolute atomic E-state index is 0.0465. The lowest BCUT2D eigenvalue weighted by molar-refractivity contribution is -0.137. The van der Waals surface area contributed by atoms with Crippen molar-refractivity contribution in [3.05, 3.63) is 59.9 Å². The normalized spacial score (nSPS) is 11.1. The molecule has 0 atom stereocenters. The molecule has 0 radical (unpaired) electrons. The predicted octanol–water partition coefficient (Wildman–Crippen LogP) is 4.34. The van der Waals surface area contributed by atoms with Gasteiger partial charge in [0.1, 0.15) is 6.01 Å². The fourth-order valence-corrected chi connectivity index (χ4v) is 1.68. The lowest BCUT2D eigenvalue weighted by Crippen LogP contribution is -2.03. The van der Waals surface area contributed by atoms with Crippen molar-refractivity contribution in [1.82, 2.24) is 4.98 Å². The van der Waals surface area contributed by atoms with Crippen LogP contribution in [0.3, 0.4) is 0 Å².